The lowest BCUT2D eigenvalue weighted by molar-refractivity contribution is 0.881. The number of benzene rings is 2. The Labute approximate surface area is 138 Å². The van der Waals surface area contributed by atoms with Crippen LogP contribution in [-0.2, 0) is 0 Å². The average Bonchev–Trinajstić information content (AvgIpc) is 3.28. The lowest BCUT2D eigenvalue weighted by atomic mass is 10.2. The van der Waals surface area contributed by atoms with Crippen molar-refractivity contribution in [2.45, 2.75) is 0 Å². The molecule has 0 saturated carbocycles. The predicted octanol–water partition coefficient (Wildman–Crippen LogP) is 4.74. The van der Waals surface area contributed by atoms with Crippen molar-refractivity contribution in [1.82, 2.24) is 14.8 Å². The molecule has 2 aromatic heterocycles. The Morgan fingerprint density at radius 3 is 2.70 bits per heavy atom. The average molecular weight is 318 g/mol. The maximum Gasteiger partial charge on any atom is 0.187 e. The topological polar surface area (TPSA) is 42.7 Å². The zero-order valence-electron chi connectivity index (χ0n) is 12.3. The summed E-state index contributed by atoms with van der Waals surface area (Å²) >= 11 is 1.60. The van der Waals surface area contributed by atoms with Crippen LogP contribution in [0.2, 0.25) is 0 Å². The molecule has 0 atom stereocenters. The van der Waals surface area contributed by atoms with Gasteiger partial charge in [0.25, 0.3) is 0 Å². The molecular weight excluding hydrogens is 304 g/mol. The van der Waals surface area contributed by atoms with Crippen LogP contribution in [0.25, 0.3) is 16.9 Å². The minimum absolute atomic E-state index is 0.876. The number of thiazole rings is 1. The van der Waals surface area contributed by atoms with Crippen LogP contribution in [0.15, 0.2) is 78.4 Å². The molecule has 0 bridgehead atoms. The van der Waals surface area contributed by atoms with Crippen LogP contribution in [0, 0.1) is 0 Å². The first kappa shape index (κ1) is 13.7. The number of anilines is 2. The summed E-state index contributed by atoms with van der Waals surface area (Å²) in [5.74, 6) is 0. The highest BCUT2D eigenvalue weighted by molar-refractivity contribution is 7.14. The van der Waals surface area contributed by atoms with Crippen molar-refractivity contribution in [3.05, 3.63) is 78.4 Å². The maximum atomic E-state index is 4.65. The lowest BCUT2D eigenvalue weighted by Gasteiger charge is -2.06. The smallest absolute Gasteiger partial charge is 0.187 e. The van der Waals surface area contributed by atoms with Crippen molar-refractivity contribution in [2.24, 2.45) is 0 Å². The molecule has 2 heterocycles. The summed E-state index contributed by atoms with van der Waals surface area (Å²) in [6, 6.07) is 20.2. The van der Waals surface area contributed by atoms with Crippen LogP contribution in [0.3, 0.4) is 0 Å². The van der Waals surface area contributed by atoms with E-state index >= 15 is 0 Å². The summed E-state index contributed by atoms with van der Waals surface area (Å²) in [5.41, 5.74) is 4.12. The fraction of sp³-hybridized carbons (Fsp3) is 0. The Kier molecular flexibility index (Phi) is 3.62. The van der Waals surface area contributed by atoms with E-state index in [1.807, 2.05) is 53.3 Å². The van der Waals surface area contributed by atoms with Gasteiger partial charge in [0.2, 0.25) is 0 Å². The maximum absolute atomic E-state index is 4.65. The van der Waals surface area contributed by atoms with Crippen molar-refractivity contribution in [1.29, 1.82) is 0 Å². The third kappa shape index (κ3) is 3.00. The van der Waals surface area contributed by atoms with Crippen molar-refractivity contribution in [3.8, 4) is 16.9 Å². The summed E-state index contributed by atoms with van der Waals surface area (Å²) in [7, 11) is 0. The molecule has 2 aromatic carbocycles. The number of aromatic nitrogens is 3. The van der Waals surface area contributed by atoms with E-state index in [2.05, 4.69) is 39.0 Å². The Morgan fingerprint density at radius 1 is 0.957 bits per heavy atom. The highest BCUT2D eigenvalue weighted by Gasteiger charge is 2.05. The van der Waals surface area contributed by atoms with Gasteiger partial charge in [-0.1, -0.05) is 36.4 Å². The number of nitrogens with one attached hydrogen (secondary N) is 1. The molecule has 0 radical (unpaired) electrons. The van der Waals surface area contributed by atoms with Crippen LogP contribution in [0.5, 0.6) is 0 Å². The van der Waals surface area contributed by atoms with Crippen molar-refractivity contribution in [2.75, 3.05) is 5.32 Å². The van der Waals surface area contributed by atoms with E-state index < -0.39 is 0 Å². The van der Waals surface area contributed by atoms with Gasteiger partial charge < -0.3 is 5.32 Å². The highest BCUT2D eigenvalue weighted by Crippen LogP contribution is 2.27. The molecule has 0 fully saturated rings. The molecule has 4 aromatic rings. The molecule has 0 aliphatic heterocycles. The second kappa shape index (κ2) is 6.06. The van der Waals surface area contributed by atoms with Gasteiger partial charge in [-0.2, -0.15) is 5.10 Å². The van der Waals surface area contributed by atoms with Gasteiger partial charge in [0, 0.05) is 29.0 Å². The number of hydrogen-bond acceptors (Lipinski definition) is 4. The third-order valence-electron chi connectivity index (χ3n) is 3.44. The molecule has 0 unspecified atom stereocenters. The molecule has 5 heteroatoms. The van der Waals surface area contributed by atoms with Crippen LogP contribution in [0.4, 0.5) is 10.8 Å². The summed E-state index contributed by atoms with van der Waals surface area (Å²) in [6.07, 6.45) is 3.70. The SMILES string of the molecule is c1ccc(-c2csc(Nc3cccc(-n4cccn4)c3)n2)cc1. The van der Waals surface area contributed by atoms with Crippen LogP contribution in [0.1, 0.15) is 0 Å². The van der Waals surface area contributed by atoms with E-state index in [0.717, 1.165) is 27.8 Å². The van der Waals surface area contributed by atoms with Gasteiger partial charge in [0.15, 0.2) is 5.13 Å². The Balaban J connectivity index is 1.57. The summed E-state index contributed by atoms with van der Waals surface area (Å²) in [5, 5.41) is 10.6. The quantitative estimate of drug-likeness (QED) is 0.591. The van der Waals surface area contributed by atoms with E-state index in [1.165, 1.54) is 0 Å². The Morgan fingerprint density at radius 2 is 1.87 bits per heavy atom. The third-order valence-corrected chi connectivity index (χ3v) is 4.20. The zero-order valence-corrected chi connectivity index (χ0v) is 13.1. The van der Waals surface area contributed by atoms with Crippen molar-refractivity contribution >= 4 is 22.2 Å². The van der Waals surface area contributed by atoms with E-state index in [1.54, 1.807) is 17.5 Å². The molecule has 4 nitrogen and oxygen atoms in total. The molecule has 0 saturated heterocycles. The fourth-order valence-corrected chi connectivity index (χ4v) is 3.08. The molecule has 112 valence electrons. The number of hydrogen-bond donors (Lipinski definition) is 1. The van der Waals surface area contributed by atoms with Crippen LogP contribution >= 0.6 is 11.3 Å². The number of nitrogens with zero attached hydrogens (tertiary/aromatic N) is 3. The molecule has 4 rings (SSSR count). The summed E-state index contributed by atoms with van der Waals surface area (Å²) in [6.45, 7) is 0. The monoisotopic (exact) mass is 318 g/mol. The van der Waals surface area contributed by atoms with E-state index in [-0.39, 0.29) is 0 Å². The minimum Gasteiger partial charge on any atom is -0.331 e. The molecular formula is C18H14N4S. The molecule has 0 aliphatic rings. The van der Waals surface area contributed by atoms with E-state index in [9.17, 15) is 0 Å². The molecule has 1 N–H and O–H groups in total. The van der Waals surface area contributed by atoms with Gasteiger partial charge in [0.05, 0.1) is 11.4 Å². The largest absolute Gasteiger partial charge is 0.331 e. The van der Waals surface area contributed by atoms with Gasteiger partial charge >= 0.3 is 0 Å². The Bertz CT molecular complexity index is 898. The fourth-order valence-electron chi connectivity index (χ4n) is 2.34. The van der Waals surface area contributed by atoms with Crippen LogP contribution < -0.4 is 5.32 Å². The predicted molar refractivity (Wildman–Crippen MR) is 94.4 cm³/mol. The second-order valence-corrected chi connectivity index (χ2v) is 5.89. The summed E-state index contributed by atoms with van der Waals surface area (Å²) in [4.78, 5) is 4.65. The number of rotatable bonds is 4. The van der Waals surface area contributed by atoms with Gasteiger partial charge in [-0.05, 0) is 24.3 Å². The first-order chi connectivity index (χ1) is 11.4. The normalized spacial score (nSPS) is 10.6. The summed E-state index contributed by atoms with van der Waals surface area (Å²) < 4.78 is 1.84. The van der Waals surface area contributed by atoms with Crippen molar-refractivity contribution in [3.63, 3.8) is 0 Å². The van der Waals surface area contributed by atoms with E-state index in [4.69, 9.17) is 0 Å². The van der Waals surface area contributed by atoms with Gasteiger partial charge in [-0.3, -0.25) is 0 Å². The first-order valence-electron chi connectivity index (χ1n) is 7.26. The zero-order chi connectivity index (χ0) is 15.5. The van der Waals surface area contributed by atoms with Gasteiger partial charge in [-0.25, -0.2) is 9.67 Å². The highest BCUT2D eigenvalue weighted by atomic mass is 32.1. The molecule has 0 aliphatic carbocycles. The molecule has 23 heavy (non-hydrogen) atoms. The van der Waals surface area contributed by atoms with Gasteiger partial charge in [-0.15, -0.1) is 11.3 Å². The van der Waals surface area contributed by atoms with Crippen molar-refractivity contribution < 1.29 is 0 Å². The molecule has 0 amide bonds. The van der Waals surface area contributed by atoms with Gasteiger partial charge in [0.1, 0.15) is 0 Å². The minimum atomic E-state index is 0.876. The second-order valence-electron chi connectivity index (χ2n) is 5.03. The lowest BCUT2D eigenvalue weighted by Crippen LogP contribution is -1.96. The molecule has 0 spiro atoms. The standard InChI is InChI=1S/C18H14N4S/c1-2-6-14(7-3-1)17-13-23-18(21-17)20-15-8-4-9-16(12-15)22-11-5-10-19-22/h1-13H,(H,20,21). The van der Waals surface area contributed by atoms with E-state index in [0.29, 0.717) is 0 Å². The first-order valence-corrected chi connectivity index (χ1v) is 8.14. The Hall–Kier alpha value is -2.92. The van der Waals surface area contributed by atoms with Crippen LogP contribution in [-0.4, -0.2) is 14.8 Å².